The highest BCUT2D eigenvalue weighted by molar-refractivity contribution is 6.32. The van der Waals surface area contributed by atoms with Crippen molar-refractivity contribution in [2.24, 2.45) is 0 Å². The van der Waals surface area contributed by atoms with Crippen LogP contribution >= 0.6 is 11.6 Å². The number of hydrogen-bond acceptors (Lipinski definition) is 7. The molecule has 0 amide bonds. The minimum absolute atomic E-state index is 0.0288. The molecule has 1 aromatic carbocycles. The van der Waals surface area contributed by atoms with E-state index in [-0.39, 0.29) is 17.2 Å². The zero-order valence-corrected chi connectivity index (χ0v) is 14.5. The molecule has 1 aromatic heterocycles. The van der Waals surface area contributed by atoms with Gasteiger partial charge in [-0.2, -0.15) is 0 Å². The first-order chi connectivity index (χ1) is 11.6. The summed E-state index contributed by atoms with van der Waals surface area (Å²) in [6.45, 7) is 4.89. The van der Waals surface area contributed by atoms with Gasteiger partial charge in [0.05, 0.1) is 24.3 Å². The van der Waals surface area contributed by atoms with Crippen LogP contribution in [0.15, 0.2) is 12.1 Å². The second-order valence-electron chi connectivity index (χ2n) is 4.82. The van der Waals surface area contributed by atoms with Gasteiger partial charge in [-0.05, 0) is 35.9 Å². The number of aromatic nitrogens is 4. The highest BCUT2D eigenvalue weighted by Gasteiger charge is 2.17. The molecular formula is C15H19ClN4O4. The lowest BCUT2D eigenvalue weighted by atomic mass is 10.2. The lowest BCUT2D eigenvalue weighted by Crippen LogP contribution is -2.11. The van der Waals surface area contributed by atoms with Gasteiger partial charge in [0.2, 0.25) is 0 Å². The molecule has 0 unspecified atom stereocenters. The topological polar surface area (TPSA) is 88.4 Å². The third-order valence-electron chi connectivity index (χ3n) is 3.13. The van der Waals surface area contributed by atoms with Crippen molar-refractivity contribution in [3.05, 3.63) is 28.5 Å². The fourth-order valence-corrected chi connectivity index (χ4v) is 2.31. The van der Waals surface area contributed by atoms with Crippen LogP contribution in [0.5, 0.6) is 11.5 Å². The number of nitrogens with zero attached hydrogens (tertiary/aromatic N) is 4. The van der Waals surface area contributed by atoms with E-state index in [1.54, 1.807) is 4.68 Å². The molecule has 0 spiro atoms. The average molecular weight is 355 g/mol. The van der Waals surface area contributed by atoms with E-state index in [1.807, 2.05) is 13.8 Å². The molecule has 24 heavy (non-hydrogen) atoms. The fourth-order valence-electron chi connectivity index (χ4n) is 2.05. The number of carbonyl (C=O) groups excluding carboxylic acids is 1. The Morgan fingerprint density at radius 1 is 1.33 bits per heavy atom. The predicted octanol–water partition coefficient (Wildman–Crippen LogP) is 2.50. The number of aryl methyl sites for hydroxylation is 1. The van der Waals surface area contributed by atoms with Gasteiger partial charge in [-0.3, -0.25) is 0 Å². The molecule has 0 aliphatic carbocycles. The quantitative estimate of drug-likeness (QED) is 0.673. The van der Waals surface area contributed by atoms with Crippen molar-refractivity contribution in [1.82, 2.24) is 20.2 Å². The first kappa shape index (κ1) is 18.0. The van der Waals surface area contributed by atoms with Gasteiger partial charge in [0.15, 0.2) is 23.9 Å². The molecule has 8 nitrogen and oxygen atoms in total. The van der Waals surface area contributed by atoms with Gasteiger partial charge in [-0.25, -0.2) is 9.48 Å². The number of carbonyl (C=O) groups is 1. The Balaban J connectivity index is 2.12. The molecule has 0 saturated heterocycles. The normalized spacial score (nSPS) is 10.5. The molecule has 0 N–H and O–H groups in total. The van der Waals surface area contributed by atoms with Crippen LogP contribution in [0, 0.1) is 0 Å². The average Bonchev–Trinajstić information content (AvgIpc) is 3.02. The number of ether oxygens (including phenoxy) is 3. The molecule has 1 heterocycles. The molecule has 0 saturated carbocycles. The number of hydrogen-bond donors (Lipinski definition) is 0. The Morgan fingerprint density at radius 2 is 2.12 bits per heavy atom. The van der Waals surface area contributed by atoms with Crippen LogP contribution in [0.4, 0.5) is 0 Å². The summed E-state index contributed by atoms with van der Waals surface area (Å²) in [6.07, 6.45) is 0.873. The molecule has 0 fully saturated rings. The summed E-state index contributed by atoms with van der Waals surface area (Å²) in [5, 5.41) is 11.5. The summed E-state index contributed by atoms with van der Waals surface area (Å²) >= 11 is 6.15. The van der Waals surface area contributed by atoms with Crippen LogP contribution in [-0.4, -0.2) is 39.9 Å². The molecule has 2 rings (SSSR count). The molecule has 0 radical (unpaired) electrons. The molecule has 9 heteroatoms. The van der Waals surface area contributed by atoms with Crippen molar-refractivity contribution in [2.45, 2.75) is 33.4 Å². The second-order valence-corrected chi connectivity index (χ2v) is 5.22. The lowest BCUT2D eigenvalue weighted by Gasteiger charge is -2.12. The van der Waals surface area contributed by atoms with Gasteiger partial charge in [-0.1, -0.05) is 18.5 Å². The Bertz CT molecular complexity index is 705. The van der Waals surface area contributed by atoms with Crippen molar-refractivity contribution in [3.63, 3.8) is 0 Å². The number of rotatable bonds is 8. The Kier molecular flexibility index (Phi) is 6.36. The largest absolute Gasteiger partial charge is 0.493 e. The van der Waals surface area contributed by atoms with Crippen molar-refractivity contribution >= 4 is 17.6 Å². The van der Waals surface area contributed by atoms with E-state index in [2.05, 4.69) is 15.5 Å². The summed E-state index contributed by atoms with van der Waals surface area (Å²) in [5.41, 5.74) is 0.259. The fraction of sp³-hybridized carbons (Fsp3) is 0.467. The number of tetrazole rings is 1. The zero-order chi connectivity index (χ0) is 17.5. The van der Waals surface area contributed by atoms with Crippen LogP contribution in [-0.2, 0) is 17.9 Å². The Hall–Kier alpha value is -2.35. The third kappa shape index (κ3) is 4.14. The van der Waals surface area contributed by atoms with E-state index in [1.165, 1.54) is 19.2 Å². The highest BCUT2D eigenvalue weighted by atomic mass is 35.5. The summed E-state index contributed by atoms with van der Waals surface area (Å²) in [7, 11) is 1.47. The molecule has 0 atom stereocenters. The summed E-state index contributed by atoms with van der Waals surface area (Å²) in [6, 6.07) is 3.00. The number of halogens is 1. The Morgan fingerprint density at radius 3 is 2.79 bits per heavy atom. The van der Waals surface area contributed by atoms with Gasteiger partial charge in [0.25, 0.3) is 0 Å². The van der Waals surface area contributed by atoms with Gasteiger partial charge in [-0.15, -0.1) is 5.10 Å². The van der Waals surface area contributed by atoms with Gasteiger partial charge < -0.3 is 14.2 Å². The first-order valence-corrected chi connectivity index (χ1v) is 7.90. The maximum Gasteiger partial charge on any atom is 0.338 e. The van der Waals surface area contributed by atoms with E-state index < -0.39 is 5.97 Å². The van der Waals surface area contributed by atoms with Crippen molar-refractivity contribution in [3.8, 4) is 11.5 Å². The maximum atomic E-state index is 12.2. The molecule has 0 aliphatic rings. The molecule has 0 aliphatic heterocycles. The molecule has 2 aromatic rings. The first-order valence-electron chi connectivity index (χ1n) is 7.53. The van der Waals surface area contributed by atoms with E-state index in [9.17, 15) is 4.79 Å². The monoisotopic (exact) mass is 354 g/mol. The minimum Gasteiger partial charge on any atom is -0.493 e. The second kappa shape index (κ2) is 8.49. The molecule has 0 bridgehead atoms. The number of benzene rings is 1. The SMILES string of the molecule is CCCn1nnnc1COC(=O)c1cc(Cl)c(OCC)c(OC)c1. The van der Waals surface area contributed by atoms with Gasteiger partial charge in [0, 0.05) is 6.54 Å². The van der Waals surface area contributed by atoms with Crippen molar-refractivity contribution in [2.75, 3.05) is 13.7 Å². The standard InChI is InChI=1S/C15H19ClN4O4/c1-4-6-20-13(17-18-19-20)9-24-15(21)10-7-11(16)14(23-5-2)12(8-10)22-3/h7-8H,4-6,9H2,1-3H3. The summed E-state index contributed by atoms with van der Waals surface area (Å²) in [5.74, 6) is 0.690. The van der Waals surface area contributed by atoms with E-state index >= 15 is 0 Å². The third-order valence-corrected chi connectivity index (χ3v) is 3.41. The van der Waals surface area contributed by atoms with Crippen LogP contribution in [0.25, 0.3) is 0 Å². The van der Waals surface area contributed by atoms with E-state index in [0.717, 1.165) is 6.42 Å². The van der Waals surface area contributed by atoms with Crippen molar-refractivity contribution in [1.29, 1.82) is 0 Å². The van der Waals surface area contributed by atoms with Gasteiger partial charge >= 0.3 is 5.97 Å². The number of esters is 1. The van der Waals surface area contributed by atoms with Crippen LogP contribution < -0.4 is 9.47 Å². The predicted molar refractivity (Wildman–Crippen MR) is 86.4 cm³/mol. The summed E-state index contributed by atoms with van der Waals surface area (Å²) in [4.78, 5) is 12.2. The highest BCUT2D eigenvalue weighted by Crippen LogP contribution is 2.36. The summed E-state index contributed by atoms with van der Waals surface area (Å²) < 4.78 is 17.5. The van der Waals surface area contributed by atoms with E-state index in [4.69, 9.17) is 25.8 Å². The van der Waals surface area contributed by atoms with E-state index in [0.29, 0.717) is 30.5 Å². The van der Waals surface area contributed by atoms with Crippen LogP contribution in [0.3, 0.4) is 0 Å². The smallest absolute Gasteiger partial charge is 0.338 e. The zero-order valence-electron chi connectivity index (χ0n) is 13.8. The lowest BCUT2D eigenvalue weighted by molar-refractivity contribution is 0.0456. The molecule has 130 valence electrons. The Labute approximate surface area is 144 Å². The van der Waals surface area contributed by atoms with Crippen LogP contribution in [0.1, 0.15) is 36.5 Å². The van der Waals surface area contributed by atoms with Crippen LogP contribution in [0.2, 0.25) is 5.02 Å². The number of methoxy groups -OCH3 is 1. The maximum absolute atomic E-state index is 12.2. The molecular weight excluding hydrogens is 336 g/mol. The van der Waals surface area contributed by atoms with Gasteiger partial charge in [0.1, 0.15) is 0 Å². The van der Waals surface area contributed by atoms with Crippen molar-refractivity contribution < 1.29 is 19.0 Å². The minimum atomic E-state index is -0.552.